The lowest BCUT2D eigenvalue weighted by Gasteiger charge is -2.18. The van der Waals surface area contributed by atoms with Crippen molar-refractivity contribution in [2.24, 2.45) is 0 Å². The fourth-order valence-electron chi connectivity index (χ4n) is 1.98. The molecule has 0 unspecified atom stereocenters. The zero-order chi connectivity index (χ0) is 15.5. The Morgan fingerprint density at radius 3 is 2.62 bits per heavy atom. The Labute approximate surface area is 130 Å². The molecule has 0 aliphatic heterocycles. The highest BCUT2D eigenvalue weighted by Crippen LogP contribution is 2.22. The number of pyridine rings is 1. The summed E-state index contributed by atoms with van der Waals surface area (Å²) < 4.78 is 26.7. The van der Waals surface area contributed by atoms with Crippen LogP contribution in [0.2, 0.25) is 0 Å². The average Bonchev–Trinajstić information content (AvgIpc) is 2.48. The van der Waals surface area contributed by atoms with Crippen molar-refractivity contribution in [2.45, 2.75) is 24.2 Å². The second-order valence-electron chi connectivity index (χ2n) is 4.82. The van der Waals surface area contributed by atoms with E-state index in [1.807, 2.05) is 12.1 Å². The Hall–Kier alpha value is -1.43. The number of aryl methyl sites for hydroxylation is 1. The van der Waals surface area contributed by atoms with E-state index in [4.69, 9.17) is 11.6 Å². The van der Waals surface area contributed by atoms with Crippen LogP contribution < -0.4 is 0 Å². The van der Waals surface area contributed by atoms with Crippen LogP contribution in [0.4, 0.5) is 0 Å². The molecule has 0 saturated heterocycles. The average molecular weight is 325 g/mol. The summed E-state index contributed by atoms with van der Waals surface area (Å²) in [6, 6.07) is 10.7. The summed E-state index contributed by atoms with van der Waals surface area (Å²) in [6.45, 7) is 2.01. The minimum atomic E-state index is -3.57. The molecule has 1 aromatic heterocycles. The second kappa shape index (κ2) is 6.56. The summed E-state index contributed by atoms with van der Waals surface area (Å²) in [6.07, 6.45) is 1.65. The zero-order valence-corrected chi connectivity index (χ0v) is 13.5. The van der Waals surface area contributed by atoms with E-state index in [9.17, 15) is 8.42 Å². The maximum absolute atomic E-state index is 12.7. The fraction of sp³-hybridized carbons (Fsp3) is 0.267. The van der Waals surface area contributed by atoms with E-state index in [-0.39, 0.29) is 12.4 Å². The first-order valence-corrected chi connectivity index (χ1v) is 8.44. The minimum absolute atomic E-state index is 0.230. The molecule has 0 amide bonds. The molecule has 0 radical (unpaired) electrons. The van der Waals surface area contributed by atoms with E-state index in [1.54, 1.807) is 44.4 Å². The third-order valence-corrected chi connectivity index (χ3v) is 5.46. The van der Waals surface area contributed by atoms with E-state index in [1.165, 1.54) is 4.31 Å². The van der Waals surface area contributed by atoms with Crippen molar-refractivity contribution >= 4 is 21.6 Å². The SMILES string of the molecule is Cc1ccc(CCl)cc1S(=O)(=O)N(C)Cc1ccccn1. The molecule has 21 heavy (non-hydrogen) atoms. The first-order chi connectivity index (χ1) is 9.95. The molecule has 1 heterocycles. The zero-order valence-electron chi connectivity index (χ0n) is 12.0. The maximum atomic E-state index is 12.7. The lowest BCUT2D eigenvalue weighted by molar-refractivity contribution is 0.461. The van der Waals surface area contributed by atoms with Crippen LogP contribution in [0.5, 0.6) is 0 Å². The highest BCUT2D eigenvalue weighted by Gasteiger charge is 2.23. The molecule has 0 aliphatic carbocycles. The van der Waals surface area contributed by atoms with Crippen molar-refractivity contribution in [3.05, 3.63) is 59.4 Å². The monoisotopic (exact) mass is 324 g/mol. The van der Waals surface area contributed by atoms with Gasteiger partial charge in [-0.3, -0.25) is 4.98 Å². The van der Waals surface area contributed by atoms with Gasteiger partial charge < -0.3 is 0 Å². The van der Waals surface area contributed by atoms with Crippen LogP contribution in [0.3, 0.4) is 0 Å². The first kappa shape index (κ1) is 15.9. The largest absolute Gasteiger partial charge is 0.260 e. The van der Waals surface area contributed by atoms with Crippen molar-refractivity contribution < 1.29 is 8.42 Å². The quantitative estimate of drug-likeness (QED) is 0.794. The number of sulfonamides is 1. The van der Waals surface area contributed by atoms with E-state index >= 15 is 0 Å². The molecule has 0 saturated carbocycles. The molecule has 0 atom stereocenters. The van der Waals surface area contributed by atoms with Gasteiger partial charge in [0.05, 0.1) is 17.1 Å². The van der Waals surface area contributed by atoms with E-state index in [0.29, 0.717) is 16.2 Å². The molecule has 112 valence electrons. The summed E-state index contributed by atoms with van der Waals surface area (Å²) >= 11 is 5.79. The predicted octanol–water partition coefficient (Wildman–Crippen LogP) is 2.95. The van der Waals surface area contributed by atoms with Crippen molar-refractivity contribution in [3.63, 3.8) is 0 Å². The smallest absolute Gasteiger partial charge is 0.243 e. The molecule has 1 aromatic carbocycles. The first-order valence-electron chi connectivity index (χ1n) is 6.47. The maximum Gasteiger partial charge on any atom is 0.243 e. The number of nitrogens with zero attached hydrogens (tertiary/aromatic N) is 2. The minimum Gasteiger partial charge on any atom is -0.260 e. The van der Waals surface area contributed by atoms with Gasteiger partial charge in [0.2, 0.25) is 10.0 Å². The van der Waals surface area contributed by atoms with Crippen LogP contribution in [0.1, 0.15) is 16.8 Å². The number of halogens is 1. The van der Waals surface area contributed by atoms with Gasteiger partial charge in [-0.25, -0.2) is 8.42 Å². The van der Waals surface area contributed by atoms with Crippen LogP contribution in [0.25, 0.3) is 0 Å². The van der Waals surface area contributed by atoms with Crippen LogP contribution in [-0.4, -0.2) is 24.8 Å². The van der Waals surface area contributed by atoms with Crippen molar-refractivity contribution in [3.8, 4) is 0 Å². The van der Waals surface area contributed by atoms with E-state index in [2.05, 4.69) is 4.98 Å². The van der Waals surface area contributed by atoms with E-state index < -0.39 is 10.0 Å². The summed E-state index contributed by atoms with van der Waals surface area (Å²) in [5.74, 6) is 0.284. The molecule has 0 spiro atoms. The summed E-state index contributed by atoms with van der Waals surface area (Å²) in [4.78, 5) is 4.45. The van der Waals surface area contributed by atoms with Gasteiger partial charge in [0.15, 0.2) is 0 Å². The summed E-state index contributed by atoms with van der Waals surface area (Å²) in [7, 11) is -2.01. The molecular formula is C15H17ClN2O2S. The Bertz CT molecular complexity index is 718. The third-order valence-electron chi connectivity index (χ3n) is 3.21. The van der Waals surface area contributed by atoms with E-state index in [0.717, 1.165) is 5.56 Å². The topological polar surface area (TPSA) is 50.3 Å². The highest BCUT2D eigenvalue weighted by molar-refractivity contribution is 7.89. The molecule has 0 bridgehead atoms. The van der Waals surface area contributed by atoms with Gasteiger partial charge in [-0.1, -0.05) is 18.2 Å². The number of rotatable bonds is 5. The van der Waals surface area contributed by atoms with Gasteiger partial charge in [0.1, 0.15) is 0 Å². The lowest BCUT2D eigenvalue weighted by atomic mass is 10.2. The number of hydrogen-bond acceptors (Lipinski definition) is 3. The molecular weight excluding hydrogens is 308 g/mol. The third kappa shape index (κ3) is 3.61. The van der Waals surface area contributed by atoms with Crippen molar-refractivity contribution in [2.75, 3.05) is 7.05 Å². The molecule has 0 aliphatic rings. The van der Waals surface area contributed by atoms with Gasteiger partial charge in [0, 0.05) is 19.1 Å². The Morgan fingerprint density at radius 2 is 2.00 bits per heavy atom. The fourth-order valence-corrected chi connectivity index (χ4v) is 3.56. The Morgan fingerprint density at radius 1 is 1.24 bits per heavy atom. The number of benzene rings is 1. The highest BCUT2D eigenvalue weighted by atomic mass is 35.5. The molecule has 4 nitrogen and oxygen atoms in total. The summed E-state index contributed by atoms with van der Waals surface area (Å²) in [5, 5.41) is 0. The number of hydrogen-bond donors (Lipinski definition) is 0. The van der Waals surface area contributed by atoms with Gasteiger partial charge >= 0.3 is 0 Å². The molecule has 2 aromatic rings. The normalized spacial score (nSPS) is 11.8. The Kier molecular flexibility index (Phi) is 4.98. The number of alkyl halides is 1. The standard InChI is InChI=1S/C15H17ClN2O2S/c1-12-6-7-13(10-16)9-15(12)21(19,20)18(2)11-14-5-3-4-8-17-14/h3-9H,10-11H2,1-2H3. The van der Waals surface area contributed by atoms with Crippen molar-refractivity contribution in [1.29, 1.82) is 0 Å². The van der Waals surface area contributed by atoms with Crippen LogP contribution in [0.15, 0.2) is 47.5 Å². The van der Waals surface area contributed by atoms with Crippen LogP contribution in [0, 0.1) is 6.92 Å². The summed E-state index contributed by atoms with van der Waals surface area (Å²) in [5.41, 5.74) is 2.19. The Balaban J connectivity index is 2.33. The molecule has 0 N–H and O–H groups in total. The number of aromatic nitrogens is 1. The van der Waals surface area contributed by atoms with Crippen molar-refractivity contribution in [1.82, 2.24) is 9.29 Å². The van der Waals surface area contributed by atoms with Crippen LogP contribution >= 0.6 is 11.6 Å². The lowest BCUT2D eigenvalue weighted by Crippen LogP contribution is -2.27. The van der Waals surface area contributed by atoms with Gasteiger partial charge in [-0.15, -0.1) is 11.6 Å². The van der Waals surface area contributed by atoms with Gasteiger partial charge in [0.25, 0.3) is 0 Å². The second-order valence-corrected chi connectivity index (χ2v) is 7.10. The molecule has 0 fully saturated rings. The molecule has 6 heteroatoms. The molecule has 2 rings (SSSR count). The predicted molar refractivity (Wildman–Crippen MR) is 83.6 cm³/mol. The van der Waals surface area contributed by atoms with Gasteiger partial charge in [-0.05, 0) is 36.2 Å². The van der Waals surface area contributed by atoms with Crippen LogP contribution in [-0.2, 0) is 22.4 Å². The van der Waals surface area contributed by atoms with Gasteiger partial charge in [-0.2, -0.15) is 4.31 Å².